The van der Waals surface area contributed by atoms with E-state index in [4.69, 9.17) is 5.73 Å². The van der Waals surface area contributed by atoms with Crippen molar-refractivity contribution in [2.24, 2.45) is 5.73 Å². The zero-order valence-electron chi connectivity index (χ0n) is 10.8. The largest absolute Gasteiger partial charge is 0.326 e. The maximum Gasteiger partial charge on any atom is 0.244 e. The first-order valence-corrected chi connectivity index (χ1v) is 8.39. The van der Waals surface area contributed by atoms with Crippen molar-refractivity contribution in [1.82, 2.24) is 4.72 Å². The molecule has 0 aliphatic rings. The predicted molar refractivity (Wildman–Crippen MR) is 77.3 cm³/mol. The van der Waals surface area contributed by atoms with E-state index < -0.39 is 21.9 Å². The molecular weight excluding hydrogens is 299 g/mol. The average Bonchev–Trinajstić information content (AvgIpc) is 2.91. The molecule has 2 aromatic rings. The van der Waals surface area contributed by atoms with Crippen LogP contribution in [0.3, 0.4) is 0 Å². The summed E-state index contributed by atoms with van der Waals surface area (Å²) in [7, 11) is -3.90. The first kappa shape index (κ1) is 15.1. The highest BCUT2D eigenvalue weighted by Gasteiger charge is 2.22. The Morgan fingerprint density at radius 1 is 1.40 bits per heavy atom. The van der Waals surface area contributed by atoms with Gasteiger partial charge >= 0.3 is 0 Å². The lowest BCUT2D eigenvalue weighted by molar-refractivity contribution is 0.546. The third kappa shape index (κ3) is 3.24. The SMILES string of the molecule is CC(NS(=O)(=O)c1ccc(CN)cc1F)c1ccsc1. The molecule has 2 rings (SSSR count). The lowest BCUT2D eigenvalue weighted by Gasteiger charge is -2.14. The smallest absolute Gasteiger partial charge is 0.244 e. The summed E-state index contributed by atoms with van der Waals surface area (Å²) >= 11 is 1.48. The van der Waals surface area contributed by atoms with Crippen LogP contribution < -0.4 is 10.5 Å². The van der Waals surface area contributed by atoms with E-state index in [-0.39, 0.29) is 11.4 Å². The highest BCUT2D eigenvalue weighted by molar-refractivity contribution is 7.89. The number of benzene rings is 1. The minimum atomic E-state index is -3.90. The molecule has 0 aliphatic carbocycles. The van der Waals surface area contributed by atoms with E-state index in [2.05, 4.69) is 4.72 Å². The van der Waals surface area contributed by atoms with E-state index in [1.54, 1.807) is 6.92 Å². The van der Waals surface area contributed by atoms with Crippen molar-refractivity contribution >= 4 is 21.4 Å². The summed E-state index contributed by atoms with van der Waals surface area (Å²) in [5.41, 5.74) is 6.79. The molecule has 0 saturated carbocycles. The summed E-state index contributed by atoms with van der Waals surface area (Å²) in [6.07, 6.45) is 0. The lowest BCUT2D eigenvalue weighted by atomic mass is 10.2. The number of rotatable bonds is 5. The summed E-state index contributed by atoms with van der Waals surface area (Å²) in [6.45, 7) is 1.88. The number of hydrogen-bond donors (Lipinski definition) is 2. The maximum atomic E-state index is 13.9. The van der Waals surface area contributed by atoms with E-state index in [0.29, 0.717) is 5.56 Å². The summed E-state index contributed by atoms with van der Waals surface area (Å²) in [5.74, 6) is -0.794. The van der Waals surface area contributed by atoms with Crippen molar-refractivity contribution < 1.29 is 12.8 Å². The monoisotopic (exact) mass is 314 g/mol. The molecule has 20 heavy (non-hydrogen) atoms. The molecule has 0 spiro atoms. The van der Waals surface area contributed by atoms with Crippen LogP contribution in [0.2, 0.25) is 0 Å². The molecule has 1 unspecified atom stereocenters. The van der Waals surface area contributed by atoms with Crippen LogP contribution in [0, 0.1) is 5.82 Å². The van der Waals surface area contributed by atoms with Gasteiger partial charge in [0.2, 0.25) is 10.0 Å². The third-order valence-electron chi connectivity index (χ3n) is 2.90. The molecule has 0 fully saturated rings. The zero-order valence-corrected chi connectivity index (χ0v) is 12.5. The number of thiophene rings is 1. The summed E-state index contributed by atoms with van der Waals surface area (Å²) in [4.78, 5) is -0.364. The van der Waals surface area contributed by atoms with Crippen LogP contribution in [0.25, 0.3) is 0 Å². The van der Waals surface area contributed by atoms with E-state index >= 15 is 0 Å². The standard InChI is InChI=1S/C13H15FN2O2S2/c1-9(11-4-5-19-8-11)16-20(17,18)13-3-2-10(7-15)6-12(13)14/h2-6,8-9,16H,7,15H2,1H3. The fourth-order valence-electron chi connectivity index (χ4n) is 1.77. The highest BCUT2D eigenvalue weighted by Crippen LogP contribution is 2.21. The van der Waals surface area contributed by atoms with Crippen LogP contribution in [0.4, 0.5) is 4.39 Å². The van der Waals surface area contributed by atoms with Gasteiger partial charge in [-0.1, -0.05) is 6.07 Å². The molecule has 1 heterocycles. The lowest BCUT2D eigenvalue weighted by Crippen LogP contribution is -2.27. The molecule has 4 nitrogen and oxygen atoms in total. The van der Waals surface area contributed by atoms with Gasteiger partial charge in [0.1, 0.15) is 10.7 Å². The number of sulfonamides is 1. The van der Waals surface area contributed by atoms with Crippen molar-refractivity contribution in [3.8, 4) is 0 Å². The van der Waals surface area contributed by atoms with Gasteiger partial charge in [-0.25, -0.2) is 17.5 Å². The number of nitrogens with one attached hydrogen (secondary N) is 1. The molecule has 7 heteroatoms. The molecule has 0 amide bonds. The van der Waals surface area contributed by atoms with Crippen molar-refractivity contribution in [1.29, 1.82) is 0 Å². The van der Waals surface area contributed by atoms with Crippen molar-refractivity contribution in [2.45, 2.75) is 24.4 Å². The molecule has 0 saturated heterocycles. The van der Waals surface area contributed by atoms with Crippen LogP contribution in [-0.2, 0) is 16.6 Å². The van der Waals surface area contributed by atoms with Crippen LogP contribution in [-0.4, -0.2) is 8.42 Å². The topological polar surface area (TPSA) is 72.2 Å². The van der Waals surface area contributed by atoms with Crippen LogP contribution in [0.1, 0.15) is 24.1 Å². The van der Waals surface area contributed by atoms with Gasteiger partial charge in [-0.2, -0.15) is 11.3 Å². The quantitative estimate of drug-likeness (QED) is 0.890. The van der Waals surface area contributed by atoms with Crippen LogP contribution >= 0.6 is 11.3 Å². The summed E-state index contributed by atoms with van der Waals surface area (Å²) < 4.78 is 40.7. The Morgan fingerprint density at radius 2 is 2.15 bits per heavy atom. The van der Waals surface area contributed by atoms with Gasteiger partial charge in [-0.3, -0.25) is 0 Å². The minimum absolute atomic E-state index is 0.163. The fourth-order valence-corrected chi connectivity index (χ4v) is 3.82. The second-order valence-corrected chi connectivity index (χ2v) is 6.83. The molecule has 1 atom stereocenters. The molecular formula is C13H15FN2O2S2. The molecule has 3 N–H and O–H groups in total. The molecule has 0 bridgehead atoms. The Balaban J connectivity index is 2.27. The number of halogens is 1. The number of nitrogens with two attached hydrogens (primary N) is 1. The fraction of sp³-hybridized carbons (Fsp3) is 0.231. The van der Waals surface area contributed by atoms with Gasteiger partial charge in [0.05, 0.1) is 0 Å². The predicted octanol–water partition coefficient (Wildman–Crippen LogP) is 2.39. The zero-order chi connectivity index (χ0) is 14.8. The Bertz CT molecular complexity index is 684. The van der Waals surface area contributed by atoms with E-state index in [1.807, 2.05) is 16.8 Å². The second-order valence-electron chi connectivity index (χ2n) is 4.37. The van der Waals surface area contributed by atoms with Crippen molar-refractivity contribution in [2.75, 3.05) is 0 Å². The number of hydrogen-bond acceptors (Lipinski definition) is 4. The Morgan fingerprint density at radius 3 is 2.70 bits per heavy atom. The van der Waals surface area contributed by atoms with Crippen molar-refractivity contribution in [3.63, 3.8) is 0 Å². The highest BCUT2D eigenvalue weighted by atomic mass is 32.2. The first-order chi connectivity index (χ1) is 9.44. The second kappa shape index (κ2) is 6.01. The molecule has 0 radical (unpaired) electrons. The molecule has 1 aromatic heterocycles. The summed E-state index contributed by atoms with van der Waals surface area (Å²) in [5, 5.41) is 3.71. The van der Waals surface area contributed by atoms with Gasteiger partial charge in [-0.05, 0) is 47.0 Å². The summed E-state index contributed by atoms with van der Waals surface area (Å²) in [6, 6.07) is 5.29. The Hall–Kier alpha value is -1.28. The van der Waals surface area contributed by atoms with E-state index in [9.17, 15) is 12.8 Å². The molecule has 0 aliphatic heterocycles. The van der Waals surface area contributed by atoms with Crippen LogP contribution in [0.15, 0.2) is 39.9 Å². The molecule has 1 aromatic carbocycles. The Kier molecular flexibility index (Phi) is 4.54. The van der Waals surface area contributed by atoms with Gasteiger partial charge in [-0.15, -0.1) is 0 Å². The van der Waals surface area contributed by atoms with Gasteiger partial charge in [0.15, 0.2) is 0 Å². The minimum Gasteiger partial charge on any atom is -0.326 e. The van der Waals surface area contributed by atoms with Gasteiger partial charge in [0.25, 0.3) is 0 Å². The normalized spacial score (nSPS) is 13.3. The molecule has 108 valence electrons. The van der Waals surface area contributed by atoms with E-state index in [1.165, 1.54) is 23.5 Å². The Labute approximate surface area is 121 Å². The van der Waals surface area contributed by atoms with Gasteiger partial charge in [0, 0.05) is 12.6 Å². The third-order valence-corrected chi connectivity index (χ3v) is 5.17. The van der Waals surface area contributed by atoms with Gasteiger partial charge < -0.3 is 5.73 Å². The average molecular weight is 314 g/mol. The maximum absolute atomic E-state index is 13.9. The van der Waals surface area contributed by atoms with Crippen LogP contribution in [0.5, 0.6) is 0 Å². The van der Waals surface area contributed by atoms with E-state index in [0.717, 1.165) is 11.6 Å². The van der Waals surface area contributed by atoms with Crippen molar-refractivity contribution in [3.05, 3.63) is 52.0 Å². The first-order valence-electron chi connectivity index (χ1n) is 5.97.